The van der Waals surface area contributed by atoms with Crippen LogP contribution in [0.4, 0.5) is 17.1 Å². The highest BCUT2D eigenvalue weighted by atomic mass is 35.5. The highest BCUT2D eigenvalue weighted by Crippen LogP contribution is 2.35. The molecule has 0 spiro atoms. The molecular formula is C27H27ClN4O7S. The molecule has 1 saturated heterocycles. The predicted molar refractivity (Wildman–Crippen MR) is 150 cm³/mol. The fourth-order valence-corrected chi connectivity index (χ4v) is 5.98. The molecule has 0 radical (unpaired) electrons. The Morgan fingerprint density at radius 2 is 1.95 bits per heavy atom. The van der Waals surface area contributed by atoms with Crippen molar-refractivity contribution in [3.63, 3.8) is 0 Å². The number of sulfonamides is 1. The van der Waals surface area contributed by atoms with Crippen LogP contribution in [-0.4, -0.2) is 45.4 Å². The standard InChI is InChI=1S/C27H27ClN4O7S/c1-18-8-10-22(15-23(18)32(35)36)40(37,38)31(24-14-20(28)9-11-25(24)39-2)17-26(33)29-16-19-5-3-6-21(13-19)30-12-4-7-27(30)34/h3,5-6,8-11,13-15H,4,7,12,16-17H2,1-2H3,(H,29,33). The van der Waals surface area contributed by atoms with E-state index in [0.29, 0.717) is 13.0 Å². The number of carbonyl (C=O) groups excluding carboxylic acids is 2. The van der Waals surface area contributed by atoms with Gasteiger partial charge >= 0.3 is 0 Å². The highest BCUT2D eigenvalue weighted by Gasteiger charge is 2.31. The van der Waals surface area contributed by atoms with Gasteiger partial charge in [-0.05, 0) is 55.3 Å². The Balaban J connectivity index is 1.63. The lowest BCUT2D eigenvalue weighted by Crippen LogP contribution is -2.41. The van der Waals surface area contributed by atoms with Gasteiger partial charge in [0.05, 0.1) is 22.6 Å². The summed E-state index contributed by atoms with van der Waals surface area (Å²) in [4.78, 5) is 37.4. The third-order valence-electron chi connectivity index (χ3n) is 6.45. The molecule has 3 aromatic rings. The van der Waals surface area contributed by atoms with Crippen LogP contribution in [-0.2, 0) is 26.2 Å². The largest absolute Gasteiger partial charge is 0.495 e. The van der Waals surface area contributed by atoms with E-state index in [-0.39, 0.29) is 45.1 Å². The van der Waals surface area contributed by atoms with Crippen molar-refractivity contribution in [2.24, 2.45) is 0 Å². The number of hydrogen-bond donors (Lipinski definition) is 1. The maximum atomic E-state index is 13.8. The summed E-state index contributed by atoms with van der Waals surface area (Å²) in [5, 5.41) is 14.4. The fourth-order valence-electron chi connectivity index (χ4n) is 4.37. The number of halogens is 1. The molecule has 0 bridgehead atoms. The molecule has 0 unspecified atom stereocenters. The molecule has 2 amide bonds. The van der Waals surface area contributed by atoms with E-state index in [0.717, 1.165) is 28.0 Å². The molecule has 1 heterocycles. The quantitative estimate of drug-likeness (QED) is 0.277. The summed E-state index contributed by atoms with van der Waals surface area (Å²) >= 11 is 6.16. The van der Waals surface area contributed by atoms with Gasteiger partial charge < -0.3 is 15.0 Å². The van der Waals surface area contributed by atoms with E-state index >= 15 is 0 Å². The number of rotatable bonds is 10. The lowest BCUT2D eigenvalue weighted by molar-refractivity contribution is -0.385. The van der Waals surface area contributed by atoms with Crippen LogP contribution < -0.4 is 19.3 Å². The van der Waals surface area contributed by atoms with Crippen molar-refractivity contribution in [1.29, 1.82) is 0 Å². The maximum absolute atomic E-state index is 13.8. The molecule has 40 heavy (non-hydrogen) atoms. The Hall–Kier alpha value is -4.16. The molecule has 0 aliphatic carbocycles. The molecule has 3 aromatic carbocycles. The van der Waals surface area contributed by atoms with Gasteiger partial charge in [-0.2, -0.15) is 0 Å². The molecule has 11 nitrogen and oxygen atoms in total. The van der Waals surface area contributed by atoms with Gasteiger partial charge in [0.1, 0.15) is 12.3 Å². The molecule has 0 atom stereocenters. The van der Waals surface area contributed by atoms with Gasteiger partial charge in [0, 0.05) is 41.9 Å². The summed E-state index contributed by atoms with van der Waals surface area (Å²) < 4.78 is 33.8. The van der Waals surface area contributed by atoms with Crippen molar-refractivity contribution in [3.05, 3.63) is 86.9 Å². The summed E-state index contributed by atoms with van der Waals surface area (Å²) in [6, 6.07) is 15.0. The van der Waals surface area contributed by atoms with Crippen molar-refractivity contribution in [3.8, 4) is 5.75 Å². The molecule has 0 saturated carbocycles. The summed E-state index contributed by atoms with van der Waals surface area (Å²) in [7, 11) is -3.15. The van der Waals surface area contributed by atoms with Crippen LogP contribution in [0.25, 0.3) is 0 Å². The minimum Gasteiger partial charge on any atom is -0.495 e. The predicted octanol–water partition coefficient (Wildman–Crippen LogP) is 4.20. The lowest BCUT2D eigenvalue weighted by Gasteiger charge is -2.26. The van der Waals surface area contributed by atoms with E-state index in [2.05, 4.69) is 5.32 Å². The molecule has 4 rings (SSSR count). The highest BCUT2D eigenvalue weighted by molar-refractivity contribution is 7.92. The minimum absolute atomic E-state index is 0.0112. The number of nitrogens with zero attached hydrogens (tertiary/aromatic N) is 3. The molecule has 1 aliphatic heterocycles. The van der Waals surface area contributed by atoms with E-state index in [4.69, 9.17) is 16.3 Å². The average molecular weight is 587 g/mol. The smallest absolute Gasteiger partial charge is 0.273 e. The zero-order valence-corrected chi connectivity index (χ0v) is 23.4. The number of nitrogens with one attached hydrogen (secondary N) is 1. The van der Waals surface area contributed by atoms with Gasteiger partial charge in [0.2, 0.25) is 11.8 Å². The first-order valence-corrected chi connectivity index (χ1v) is 14.1. The molecule has 1 N–H and O–H groups in total. The molecular weight excluding hydrogens is 560 g/mol. The van der Waals surface area contributed by atoms with Crippen molar-refractivity contribution in [1.82, 2.24) is 5.32 Å². The van der Waals surface area contributed by atoms with E-state index in [1.807, 2.05) is 6.07 Å². The molecule has 1 fully saturated rings. The van der Waals surface area contributed by atoms with Crippen LogP contribution in [0.2, 0.25) is 5.02 Å². The lowest BCUT2D eigenvalue weighted by atomic mass is 10.2. The van der Waals surface area contributed by atoms with Crippen LogP contribution in [0.3, 0.4) is 0 Å². The third kappa shape index (κ3) is 6.18. The van der Waals surface area contributed by atoms with Gasteiger partial charge in [-0.15, -0.1) is 0 Å². The van der Waals surface area contributed by atoms with Crippen LogP contribution in [0.5, 0.6) is 5.75 Å². The van der Waals surface area contributed by atoms with Crippen LogP contribution >= 0.6 is 11.6 Å². The number of carbonyl (C=O) groups is 2. The number of methoxy groups -OCH3 is 1. The average Bonchev–Trinajstić information content (AvgIpc) is 3.36. The topological polar surface area (TPSA) is 139 Å². The number of hydrogen-bond acceptors (Lipinski definition) is 7. The van der Waals surface area contributed by atoms with Gasteiger partial charge in [-0.3, -0.25) is 24.0 Å². The van der Waals surface area contributed by atoms with Crippen molar-refractivity contribution in [2.75, 3.05) is 29.4 Å². The first-order chi connectivity index (χ1) is 19.0. The van der Waals surface area contributed by atoms with Gasteiger partial charge in [-0.1, -0.05) is 29.8 Å². The normalized spacial score (nSPS) is 13.3. The van der Waals surface area contributed by atoms with Crippen molar-refractivity contribution >= 4 is 50.5 Å². The molecule has 13 heteroatoms. The SMILES string of the molecule is COc1ccc(Cl)cc1N(CC(=O)NCc1cccc(N2CCCC2=O)c1)S(=O)(=O)c1ccc(C)c([N+](=O)[O-])c1. The summed E-state index contributed by atoms with van der Waals surface area (Å²) in [5.74, 6) is -0.478. The van der Waals surface area contributed by atoms with E-state index in [1.54, 1.807) is 23.1 Å². The fraction of sp³-hybridized carbons (Fsp3) is 0.259. The number of ether oxygens (including phenoxy) is 1. The van der Waals surface area contributed by atoms with Crippen LogP contribution in [0.15, 0.2) is 65.6 Å². The number of anilines is 2. The third-order valence-corrected chi connectivity index (χ3v) is 8.44. The summed E-state index contributed by atoms with van der Waals surface area (Å²) in [5.41, 5.74) is 1.34. The Labute approximate surface area is 236 Å². The zero-order valence-electron chi connectivity index (χ0n) is 21.8. The first kappa shape index (κ1) is 28.8. The second-order valence-electron chi connectivity index (χ2n) is 9.13. The molecule has 1 aliphatic rings. The van der Waals surface area contributed by atoms with Crippen LogP contribution in [0, 0.1) is 17.0 Å². The second-order valence-corrected chi connectivity index (χ2v) is 11.4. The first-order valence-electron chi connectivity index (χ1n) is 12.3. The van der Waals surface area contributed by atoms with Gasteiger partial charge in [0.25, 0.3) is 15.7 Å². The number of amides is 2. The number of benzene rings is 3. The zero-order chi connectivity index (χ0) is 29.0. The number of nitro groups is 1. The van der Waals surface area contributed by atoms with Crippen LogP contribution in [0.1, 0.15) is 24.0 Å². The van der Waals surface area contributed by atoms with Gasteiger partial charge in [0.15, 0.2) is 0 Å². The Kier molecular flexibility index (Phi) is 8.60. The second kappa shape index (κ2) is 11.9. The summed E-state index contributed by atoms with van der Waals surface area (Å²) in [6.07, 6.45) is 1.27. The minimum atomic E-state index is -4.49. The van der Waals surface area contributed by atoms with Crippen molar-refractivity contribution < 1.29 is 27.7 Å². The van der Waals surface area contributed by atoms with E-state index in [9.17, 15) is 28.1 Å². The Bertz CT molecular complexity index is 1580. The van der Waals surface area contributed by atoms with Gasteiger partial charge in [-0.25, -0.2) is 8.42 Å². The molecule has 210 valence electrons. The summed E-state index contributed by atoms with van der Waals surface area (Å²) in [6.45, 7) is 1.53. The number of aryl methyl sites for hydroxylation is 1. The monoisotopic (exact) mass is 586 g/mol. The number of nitro benzene ring substituents is 1. The Morgan fingerprint density at radius 1 is 1.18 bits per heavy atom. The molecule has 0 aromatic heterocycles. The van der Waals surface area contributed by atoms with E-state index < -0.39 is 27.4 Å². The van der Waals surface area contributed by atoms with Crippen molar-refractivity contribution in [2.45, 2.75) is 31.2 Å². The maximum Gasteiger partial charge on any atom is 0.273 e. The Morgan fingerprint density at radius 3 is 2.62 bits per heavy atom. The van der Waals surface area contributed by atoms with E-state index in [1.165, 1.54) is 44.4 Å².